The standard InChI is InChI=1S/C18H23N7O2/c1-12-5-6-14-13(11-12)19-15(16-20-21-22-25(14)16)23-7-9-24(10-8-23)17(26)27-18(2,3)4/h5-6,11H,7-10H2,1-4H3. The Morgan fingerprint density at radius 2 is 1.89 bits per heavy atom. The summed E-state index contributed by atoms with van der Waals surface area (Å²) in [5.41, 5.74) is 2.97. The summed E-state index contributed by atoms with van der Waals surface area (Å²) in [5, 5.41) is 12.1. The molecule has 4 rings (SSSR count). The van der Waals surface area contributed by atoms with Crippen LogP contribution in [0.1, 0.15) is 26.3 Å². The first kappa shape index (κ1) is 17.4. The molecular formula is C18H23N7O2. The van der Waals surface area contributed by atoms with Gasteiger partial charge >= 0.3 is 6.09 Å². The van der Waals surface area contributed by atoms with Gasteiger partial charge in [-0.2, -0.15) is 4.52 Å². The average molecular weight is 369 g/mol. The van der Waals surface area contributed by atoms with E-state index < -0.39 is 5.60 Å². The van der Waals surface area contributed by atoms with Crippen LogP contribution in [0.3, 0.4) is 0 Å². The Morgan fingerprint density at radius 3 is 2.59 bits per heavy atom. The van der Waals surface area contributed by atoms with Gasteiger partial charge in [0.2, 0.25) is 5.65 Å². The molecule has 0 aliphatic carbocycles. The highest BCUT2D eigenvalue weighted by molar-refractivity contribution is 5.83. The molecule has 0 N–H and O–H groups in total. The molecule has 9 nitrogen and oxygen atoms in total. The van der Waals surface area contributed by atoms with Gasteiger partial charge in [-0.05, 0) is 55.8 Å². The van der Waals surface area contributed by atoms with Gasteiger partial charge < -0.3 is 14.5 Å². The maximum atomic E-state index is 12.3. The molecule has 3 aromatic rings. The lowest BCUT2D eigenvalue weighted by Gasteiger charge is -2.36. The largest absolute Gasteiger partial charge is 0.444 e. The fourth-order valence-electron chi connectivity index (χ4n) is 3.19. The van der Waals surface area contributed by atoms with Gasteiger partial charge in [0.15, 0.2) is 5.82 Å². The summed E-state index contributed by atoms with van der Waals surface area (Å²) in [4.78, 5) is 20.9. The molecule has 1 saturated heterocycles. The second-order valence-corrected chi connectivity index (χ2v) is 7.80. The van der Waals surface area contributed by atoms with E-state index in [9.17, 15) is 4.79 Å². The van der Waals surface area contributed by atoms with Crippen LogP contribution in [0.5, 0.6) is 0 Å². The number of anilines is 1. The van der Waals surface area contributed by atoms with Gasteiger partial charge in [0, 0.05) is 26.2 Å². The van der Waals surface area contributed by atoms with Gasteiger partial charge in [0.25, 0.3) is 0 Å². The summed E-state index contributed by atoms with van der Waals surface area (Å²) in [5.74, 6) is 0.738. The van der Waals surface area contributed by atoms with Crippen molar-refractivity contribution in [3.05, 3.63) is 23.8 Å². The Morgan fingerprint density at radius 1 is 1.15 bits per heavy atom. The molecule has 3 heterocycles. The first-order valence-corrected chi connectivity index (χ1v) is 9.03. The molecule has 0 radical (unpaired) electrons. The van der Waals surface area contributed by atoms with Crippen molar-refractivity contribution in [2.24, 2.45) is 0 Å². The highest BCUT2D eigenvalue weighted by atomic mass is 16.6. The third-order valence-corrected chi connectivity index (χ3v) is 4.49. The lowest BCUT2D eigenvalue weighted by molar-refractivity contribution is 0.0240. The van der Waals surface area contributed by atoms with E-state index in [1.807, 2.05) is 45.9 Å². The van der Waals surface area contributed by atoms with Crippen LogP contribution in [0, 0.1) is 6.92 Å². The molecule has 1 aliphatic heterocycles. The molecule has 1 fully saturated rings. The molecule has 1 aromatic carbocycles. The zero-order valence-corrected chi connectivity index (χ0v) is 16.0. The lowest BCUT2D eigenvalue weighted by Crippen LogP contribution is -2.50. The fourth-order valence-corrected chi connectivity index (χ4v) is 3.19. The Hall–Kier alpha value is -2.97. The number of nitrogens with zero attached hydrogens (tertiary/aromatic N) is 7. The van der Waals surface area contributed by atoms with Crippen LogP contribution < -0.4 is 4.90 Å². The highest BCUT2D eigenvalue weighted by Crippen LogP contribution is 2.24. The van der Waals surface area contributed by atoms with E-state index in [2.05, 4.69) is 20.4 Å². The van der Waals surface area contributed by atoms with E-state index in [1.54, 1.807) is 9.42 Å². The summed E-state index contributed by atoms with van der Waals surface area (Å²) >= 11 is 0. The smallest absolute Gasteiger partial charge is 0.410 e. The second-order valence-electron chi connectivity index (χ2n) is 7.80. The molecule has 2 aromatic heterocycles. The van der Waals surface area contributed by atoms with Crippen molar-refractivity contribution in [2.45, 2.75) is 33.3 Å². The molecule has 9 heteroatoms. The van der Waals surface area contributed by atoms with Crippen LogP contribution in [0.25, 0.3) is 16.7 Å². The zero-order valence-electron chi connectivity index (χ0n) is 16.0. The van der Waals surface area contributed by atoms with E-state index in [4.69, 9.17) is 9.72 Å². The molecular weight excluding hydrogens is 346 g/mol. The van der Waals surface area contributed by atoms with Crippen molar-refractivity contribution in [3.8, 4) is 0 Å². The monoisotopic (exact) mass is 369 g/mol. The minimum absolute atomic E-state index is 0.279. The number of fused-ring (bicyclic) bond motifs is 3. The van der Waals surface area contributed by atoms with Crippen LogP contribution in [-0.2, 0) is 4.74 Å². The lowest BCUT2D eigenvalue weighted by atomic mass is 10.2. The Bertz CT molecular complexity index is 1000. The predicted octanol–water partition coefficient (Wildman–Crippen LogP) is 2.04. The molecule has 0 unspecified atom stereocenters. The summed E-state index contributed by atoms with van der Waals surface area (Å²) in [6.07, 6.45) is -0.279. The quantitative estimate of drug-likeness (QED) is 0.648. The molecule has 1 aliphatic rings. The zero-order chi connectivity index (χ0) is 19.2. The molecule has 142 valence electrons. The number of amides is 1. The third-order valence-electron chi connectivity index (χ3n) is 4.49. The van der Waals surface area contributed by atoms with Gasteiger partial charge in [-0.1, -0.05) is 6.07 Å². The molecule has 0 bridgehead atoms. The first-order valence-electron chi connectivity index (χ1n) is 9.03. The fraction of sp³-hybridized carbons (Fsp3) is 0.500. The van der Waals surface area contributed by atoms with Crippen LogP contribution in [-0.4, -0.2) is 67.8 Å². The van der Waals surface area contributed by atoms with Crippen molar-refractivity contribution >= 4 is 28.6 Å². The van der Waals surface area contributed by atoms with Crippen LogP contribution in [0.2, 0.25) is 0 Å². The maximum absolute atomic E-state index is 12.3. The minimum atomic E-state index is -0.495. The van der Waals surface area contributed by atoms with Crippen molar-refractivity contribution in [3.63, 3.8) is 0 Å². The van der Waals surface area contributed by atoms with Crippen molar-refractivity contribution in [1.29, 1.82) is 0 Å². The average Bonchev–Trinajstić information content (AvgIpc) is 3.09. The molecule has 0 atom stereocenters. The van der Waals surface area contributed by atoms with E-state index in [0.29, 0.717) is 31.8 Å². The number of benzene rings is 1. The summed E-state index contributed by atoms with van der Waals surface area (Å²) in [6.45, 7) is 10.1. The van der Waals surface area contributed by atoms with Gasteiger partial charge in [-0.25, -0.2) is 9.78 Å². The van der Waals surface area contributed by atoms with E-state index in [-0.39, 0.29) is 6.09 Å². The third kappa shape index (κ3) is 3.36. The molecule has 0 saturated carbocycles. The Balaban J connectivity index is 1.60. The normalized spacial score (nSPS) is 15.6. The molecule has 27 heavy (non-hydrogen) atoms. The van der Waals surface area contributed by atoms with Gasteiger partial charge in [0.1, 0.15) is 5.60 Å². The summed E-state index contributed by atoms with van der Waals surface area (Å²) in [7, 11) is 0. The number of aryl methyl sites for hydroxylation is 1. The van der Waals surface area contributed by atoms with Crippen LogP contribution >= 0.6 is 0 Å². The van der Waals surface area contributed by atoms with Crippen LogP contribution in [0.4, 0.5) is 10.6 Å². The topological polar surface area (TPSA) is 88.8 Å². The number of carbonyl (C=O) groups is 1. The molecule has 0 spiro atoms. The SMILES string of the molecule is Cc1ccc2c(c1)nc(N1CCN(C(=O)OC(C)(C)C)CC1)c1nnnn12. The van der Waals surface area contributed by atoms with Crippen molar-refractivity contribution in [2.75, 3.05) is 31.1 Å². The maximum Gasteiger partial charge on any atom is 0.410 e. The van der Waals surface area contributed by atoms with Crippen molar-refractivity contribution < 1.29 is 9.53 Å². The van der Waals surface area contributed by atoms with Gasteiger partial charge in [-0.3, -0.25) is 0 Å². The Kier molecular flexibility index (Phi) is 4.09. The summed E-state index contributed by atoms with van der Waals surface area (Å²) in [6, 6.07) is 6.02. The number of rotatable bonds is 1. The number of piperazine rings is 1. The molecule has 1 amide bonds. The van der Waals surface area contributed by atoms with Gasteiger partial charge in [0.05, 0.1) is 11.0 Å². The van der Waals surface area contributed by atoms with Gasteiger partial charge in [-0.15, -0.1) is 5.10 Å². The van der Waals surface area contributed by atoms with Crippen molar-refractivity contribution in [1.82, 2.24) is 29.9 Å². The highest BCUT2D eigenvalue weighted by Gasteiger charge is 2.28. The Labute approximate surface area is 156 Å². The first-order chi connectivity index (χ1) is 12.8. The van der Waals surface area contributed by atoms with E-state index in [0.717, 1.165) is 22.4 Å². The number of tetrazole rings is 1. The van der Waals surface area contributed by atoms with E-state index in [1.165, 1.54) is 0 Å². The van der Waals surface area contributed by atoms with E-state index >= 15 is 0 Å². The van der Waals surface area contributed by atoms with Crippen LogP contribution in [0.15, 0.2) is 18.2 Å². The number of aromatic nitrogens is 5. The minimum Gasteiger partial charge on any atom is -0.444 e. The number of carbonyl (C=O) groups excluding carboxylic acids is 1. The number of ether oxygens (including phenoxy) is 1. The number of hydrogen-bond acceptors (Lipinski definition) is 7. The predicted molar refractivity (Wildman–Crippen MR) is 101 cm³/mol. The summed E-state index contributed by atoms with van der Waals surface area (Å²) < 4.78 is 7.18. The number of hydrogen-bond donors (Lipinski definition) is 0. The second kappa shape index (κ2) is 6.33.